The number of fused-ring (bicyclic) bond motifs is 5. The van der Waals surface area contributed by atoms with E-state index >= 15 is 0 Å². The van der Waals surface area contributed by atoms with Crippen LogP contribution in [0.4, 0.5) is 4.79 Å². The van der Waals surface area contributed by atoms with E-state index in [4.69, 9.17) is 15.6 Å². The molecule has 0 bridgehead atoms. The number of hydrogen-bond donors (Lipinski definition) is 3. The Bertz CT molecular complexity index is 892. The number of carbonyl (C=O) groups excluding carboxylic acids is 1. The lowest BCUT2D eigenvalue weighted by Gasteiger charge is -2.59. The van der Waals surface area contributed by atoms with Crippen molar-refractivity contribution in [2.24, 2.45) is 46.2 Å². The van der Waals surface area contributed by atoms with E-state index in [-0.39, 0.29) is 35.2 Å². The van der Waals surface area contributed by atoms with Crippen LogP contribution < -0.4 is 11.1 Å². The number of carbonyl (C=O) groups is 1. The van der Waals surface area contributed by atoms with E-state index < -0.39 is 0 Å². The molecule has 230 valence electrons. The van der Waals surface area contributed by atoms with Gasteiger partial charge in [0.1, 0.15) is 6.10 Å². The maximum Gasteiger partial charge on any atom is 0.407 e. The molecule has 0 heterocycles. The number of aliphatic hydroxyl groups is 1. The summed E-state index contributed by atoms with van der Waals surface area (Å²) in [5.74, 6) is 3.81. The number of nitrogens with zero attached hydrogens (tertiary/aromatic N) is 1. The Morgan fingerprint density at radius 1 is 1.18 bits per heavy atom. The van der Waals surface area contributed by atoms with Gasteiger partial charge in [-0.1, -0.05) is 65.5 Å². The Labute approximate surface area is 245 Å². The monoisotopic (exact) mass is 559 g/mol. The molecule has 0 aromatic carbocycles. The summed E-state index contributed by atoms with van der Waals surface area (Å²) in [6.07, 6.45) is 16.5. The van der Waals surface area contributed by atoms with E-state index in [1.54, 1.807) is 5.57 Å². The van der Waals surface area contributed by atoms with Gasteiger partial charge in [-0.2, -0.15) is 0 Å². The molecular weight excluding hydrogens is 498 g/mol. The molecule has 3 saturated carbocycles. The molecule has 6 heteroatoms. The number of likely N-dealkylation sites (N-methyl/N-ethyl adjacent to an activating group) is 1. The maximum absolute atomic E-state index is 12.5. The number of nitrogens with one attached hydrogen (secondary N) is 1. The molecule has 0 saturated heterocycles. The zero-order chi connectivity index (χ0) is 29.1. The van der Waals surface area contributed by atoms with Crippen molar-refractivity contribution in [2.45, 2.75) is 123 Å². The van der Waals surface area contributed by atoms with Crippen molar-refractivity contribution < 1.29 is 14.6 Å². The quantitative estimate of drug-likeness (QED) is 0.237. The highest BCUT2D eigenvalue weighted by Crippen LogP contribution is 2.67. The van der Waals surface area contributed by atoms with Gasteiger partial charge in [-0.15, -0.1) is 0 Å². The third kappa shape index (κ3) is 6.29. The lowest BCUT2D eigenvalue weighted by molar-refractivity contribution is -0.0580. The predicted octanol–water partition coefficient (Wildman–Crippen LogP) is 6.52. The largest absolute Gasteiger partial charge is 0.446 e. The van der Waals surface area contributed by atoms with Gasteiger partial charge >= 0.3 is 6.09 Å². The Kier molecular flexibility index (Phi) is 10.4. The van der Waals surface area contributed by atoms with Gasteiger partial charge in [0.25, 0.3) is 0 Å². The number of rotatable bonds is 12. The number of amides is 1. The minimum Gasteiger partial charge on any atom is -0.446 e. The zero-order valence-corrected chi connectivity index (χ0v) is 26.6. The van der Waals surface area contributed by atoms with Gasteiger partial charge in [0, 0.05) is 31.6 Å². The molecule has 0 unspecified atom stereocenters. The zero-order valence-electron chi connectivity index (χ0n) is 26.6. The molecule has 4 aliphatic rings. The van der Waals surface area contributed by atoms with E-state index in [0.717, 1.165) is 48.9 Å². The van der Waals surface area contributed by atoms with Crippen molar-refractivity contribution in [3.63, 3.8) is 0 Å². The first-order valence-electron chi connectivity index (χ1n) is 16.7. The van der Waals surface area contributed by atoms with Gasteiger partial charge in [0.05, 0.1) is 6.61 Å². The van der Waals surface area contributed by atoms with Crippen molar-refractivity contribution in [2.75, 3.05) is 33.3 Å². The lowest BCUT2D eigenvalue weighted by Crippen LogP contribution is -2.58. The van der Waals surface area contributed by atoms with Gasteiger partial charge in [0.15, 0.2) is 0 Å². The number of alkyl carbamates (subject to hydrolysis) is 1. The minimum atomic E-state index is -0.308. The average molecular weight is 560 g/mol. The molecule has 4 aliphatic carbocycles. The van der Waals surface area contributed by atoms with Crippen molar-refractivity contribution in [1.82, 2.24) is 10.2 Å². The summed E-state index contributed by atoms with van der Waals surface area (Å²) in [6.45, 7) is 14.2. The molecule has 40 heavy (non-hydrogen) atoms. The fraction of sp³-hybridized carbons (Fsp3) is 0.912. The first kappa shape index (κ1) is 31.8. The standard InChI is InChI=1S/C34H61N3O3/c1-7-25(24(2)3)9-8-15-34(35)18-14-30-28-11-10-26-23-27(40-31(39)36-19-20-37(6)21-22-38)12-16-32(26,4)29(28)13-17-33(30,34)5/h10,24-25,27-30,38H,7-9,11-23,35H2,1-6H3,(H,36,39)/t25-,27+,28-,29+,30+,32+,33+,34-/m1/s1. The van der Waals surface area contributed by atoms with Gasteiger partial charge in [0.2, 0.25) is 0 Å². The van der Waals surface area contributed by atoms with E-state index in [1.807, 2.05) is 11.9 Å². The molecule has 0 aromatic heterocycles. The Balaban J connectivity index is 1.34. The van der Waals surface area contributed by atoms with Crippen LogP contribution in [0.2, 0.25) is 0 Å². The van der Waals surface area contributed by atoms with Crippen LogP contribution in [0.5, 0.6) is 0 Å². The number of aliphatic hydroxyl groups excluding tert-OH is 1. The Morgan fingerprint density at radius 2 is 1.93 bits per heavy atom. The molecule has 4 rings (SSSR count). The fourth-order valence-electron chi connectivity index (χ4n) is 9.82. The second kappa shape index (κ2) is 13.0. The third-order valence-corrected chi connectivity index (χ3v) is 12.7. The summed E-state index contributed by atoms with van der Waals surface area (Å²) < 4.78 is 5.88. The van der Waals surface area contributed by atoms with Crippen LogP contribution in [0.1, 0.15) is 112 Å². The summed E-state index contributed by atoms with van der Waals surface area (Å²) in [7, 11) is 1.94. The van der Waals surface area contributed by atoms with E-state index in [0.29, 0.717) is 19.6 Å². The van der Waals surface area contributed by atoms with Gasteiger partial charge in [-0.3, -0.25) is 0 Å². The van der Waals surface area contributed by atoms with E-state index in [2.05, 4.69) is 46.0 Å². The summed E-state index contributed by atoms with van der Waals surface area (Å²) in [6, 6.07) is 0. The molecule has 1 amide bonds. The number of ether oxygens (including phenoxy) is 1. The van der Waals surface area contributed by atoms with E-state index in [9.17, 15) is 4.79 Å². The second-order valence-corrected chi connectivity index (χ2v) is 14.9. The average Bonchev–Trinajstić information content (AvgIpc) is 3.17. The van der Waals surface area contributed by atoms with Crippen LogP contribution in [0.15, 0.2) is 11.6 Å². The molecule has 8 atom stereocenters. The molecular formula is C34H61N3O3. The van der Waals surface area contributed by atoms with Crippen LogP contribution in [0, 0.1) is 40.4 Å². The Morgan fingerprint density at radius 3 is 2.62 bits per heavy atom. The summed E-state index contributed by atoms with van der Waals surface area (Å²) in [4.78, 5) is 14.5. The highest BCUT2D eigenvalue weighted by Gasteiger charge is 2.62. The number of nitrogens with two attached hydrogens (primary N) is 1. The summed E-state index contributed by atoms with van der Waals surface area (Å²) in [5, 5.41) is 11.9. The molecule has 0 aromatic rings. The summed E-state index contributed by atoms with van der Waals surface area (Å²) in [5.41, 5.74) is 9.42. The smallest absolute Gasteiger partial charge is 0.407 e. The Hall–Kier alpha value is -1.11. The minimum absolute atomic E-state index is 0.00539. The van der Waals surface area contributed by atoms with Crippen LogP contribution in [-0.4, -0.2) is 61.0 Å². The van der Waals surface area contributed by atoms with Crippen LogP contribution in [0.3, 0.4) is 0 Å². The van der Waals surface area contributed by atoms with Crippen LogP contribution >= 0.6 is 0 Å². The van der Waals surface area contributed by atoms with E-state index in [1.165, 1.54) is 57.8 Å². The second-order valence-electron chi connectivity index (χ2n) is 14.9. The van der Waals surface area contributed by atoms with Crippen LogP contribution in [0.25, 0.3) is 0 Å². The topological polar surface area (TPSA) is 87.8 Å². The normalized spacial score (nSPS) is 37.9. The highest BCUT2D eigenvalue weighted by molar-refractivity contribution is 5.67. The van der Waals surface area contributed by atoms with Gasteiger partial charge in [-0.05, 0) is 98.8 Å². The van der Waals surface area contributed by atoms with Crippen molar-refractivity contribution >= 4 is 6.09 Å². The van der Waals surface area contributed by atoms with Crippen molar-refractivity contribution in [3.05, 3.63) is 11.6 Å². The summed E-state index contributed by atoms with van der Waals surface area (Å²) >= 11 is 0. The van der Waals surface area contributed by atoms with Crippen molar-refractivity contribution in [3.8, 4) is 0 Å². The molecule has 3 fully saturated rings. The lowest BCUT2D eigenvalue weighted by atomic mass is 9.46. The fourth-order valence-corrected chi connectivity index (χ4v) is 9.82. The first-order chi connectivity index (χ1) is 19.0. The number of allylic oxidation sites excluding steroid dienone is 1. The molecule has 4 N–H and O–H groups in total. The molecule has 0 radical (unpaired) electrons. The third-order valence-electron chi connectivity index (χ3n) is 12.7. The van der Waals surface area contributed by atoms with Crippen molar-refractivity contribution in [1.29, 1.82) is 0 Å². The van der Waals surface area contributed by atoms with Gasteiger partial charge in [-0.25, -0.2) is 4.79 Å². The highest BCUT2D eigenvalue weighted by atomic mass is 16.6. The first-order valence-corrected chi connectivity index (χ1v) is 16.7. The van der Waals surface area contributed by atoms with Crippen LogP contribution in [-0.2, 0) is 4.74 Å². The number of hydrogen-bond acceptors (Lipinski definition) is 5. The molecule has 6 nitrogen and oxygen atoms in total. The maximum atomic E-state index is 12.5. The predicted molar refractivity (Wildman–Crippen MR) is 164 cm³/mol. The molecule has 0 spiro atoms. The SMILES string of the molecule is CC[C@H](CCC[C@@]1(N)CC[C@H]2[C@@H]3CC=C4C[C@@H](OC(=O)NCCN(C)CCO)CC[C@]4(C)[C@H]3CC[C@@]21C)C(C)C. The van der Waals surface area contributed by atoms with Gasteiger partial charge < -0.3 is 25.8 Å². The molecule has 0 aliphatic heterocycles.